The lowest BCUT2D eigenvalue weighted by atomic mass is 9.85. The van der Waals surface area contributed by atoms with Gasteiger partial charge >= 0.3 is 16.3 Å². The number of nitrogens with zero attached hydrogens (tertiary/aromatic N) is 3. The summed E-state index contributed by atoms with van der Waals surface area (Å²) in [6.07, 6.45) is 2.71. The van der Waals surface area contributed by atoms with Gasteiger partial charge in [-0.05, 0) is 78.4 Å². The van der Waals surface area contributed by atoms with Crippen LogP contribution in [0.3, 0.4) is 0 Å². The van der Waals surface area contributed by atoms with Gasteiger partial charge in [0.15, 0.2) is 11.5 Å². The summed E-state index contributed by atoms with van der Waals surface area (Å²) in [7, 11) is -0.879. The molecule has 236 valence electrons. The lowest BCUT2D eigenvalue weighted by Crippen LogP contribution is -2.55. The Morgan fingerprint density at radius 2 is 1.76 bits per heavy atom. The second-order valence-electron chi connectivity index (χ2n) is 12.8. The Bertz CT molecular complexity index is 1310. The smallest absolute Gasteiger partial charge is 0.425 e. The minimum Gasteiger partial charge on any atom is -0.493 e. The van der Waals surface area contributed by atoms with Crippen molar-refractivity contribution in [2.75, 3.05) is 52.0 Å². The van der Waals surface area contributed by atoms with Gasteiger partial charge in [-0.1, -0.05) is 6.92 Å². The molecule has 0 radical (unpaired) electrons. The van der Waals surface area contributed by atoms with Gasteiger partial charge in [-0.3, -0.25) is 4.98 Å². The number of amides is 1. The number of hydrogen-bond acceptors (Lipinski definition) is 9. The monoisotopic (exact) mass is 608 g/mol. The molecule has 1 amide bonds. The summed E-state index contributed by atoms with van der Waals surface area (Å²) in [5.41, 5.74) is 0.0858. The van der Waals surface area contributed by atoms with Crippen molar-refractivity contribution < 1.29 is 32.2 Å². The van der Waals surface area contributed by atoms with E-state index >= 15 is 0 Å². The lowest BCUT2D eigenvalue weighted by Gasteiger charge is -2.38. The Morgan fingerprint density at radius 1 is 1.10 bits per heavy atom. The van der Waals surface area contributed by atoms with Gasteiger partial charge in [0.2, 0.25) is 0 Å². The highest BCUT2D eigenvalue weighted by Gasteiger charge is 2.40. The minimum atomic E-state index is -4.12. The number of nitrogens with one attached hydrogen (secondary N) is 1. The van der Waals surface area contributed by atoms with E-state index in [1.54, 1.807) is 62.0 Å². The Morgan fingerprint density at radius 3 is 2.33 bits per heavy atom. The fourth-order valence-corrected chi connectivity index (χ4v) is 6.69. The van der Waals surface area contributed by atoms with Gasteiger partial charge < -0.3 is 23.8 Å². The van der Waals surface area contributed by atoms with E-state index in [1.165, 1.54) is 0 Å². The first-order valence-corrected chi connectivity index (χ1v) is 15.9. The minimum absolute atomic E-state index is 0.0709. The normalized spacial score (nSPS) is 15.9. The van der Waals surface area contributed by atoms with Crippen LogP contribution in [0.4, 0.5) is 10.5 Å². The fraction of sp³-hybridized carbons (Fsp3) is 0.667. The van der Waals surface area contributed by atoms with E-state index in [1.807, 2.05) is 18.2 Å². The maximum Gasteiger partial charge on any atom is 0.425 e. The largest absolute Gasteiger partial charge is 0.493 e. The predicted octanol–water partition coefficient (Wildman–Crippen LogP) is 4.99. The third-order valence-electron chi connectivity index (χ3n) is 7.23. The summed E-state index contributed by atoms with van der Waals surface area (Å²) in [5, 5.41) is 0.981. The molecule has 1 fully saturated rings. The molecule has 1 atom stereocenters. The van der Waals surface area contributed by atoms with Crippen molar-refractivity contribution in [1.29, 1.82) is 0 Å². The maximum absolute atomic E-state index is 13.3. The van der Waals surface area contributed by atoms with E-state index in [2.05, 4.69) is 21.5 Å². The van der Waals surface area contributed by atoms with Crippen LogP contribution in [0.5, 0.6) is 11.5 Å². The molecule has 12 heteroatoms. The SMILES string of the molecule is COCCOc1cc2c(N3CCC(C(C)CNS(=O)(=O)N(C(=O)OC(C)(C)C)C(C)(C)C)CC3)ccnc2cc1OC. The molecule has 0 bridgehead atoms. The van der Waals surface area contributed by atoms with Gasteiger partial charge in [0.1, 0.15) is 12.2 Å². The van der Waals surface area contributed by atoms with Gasteiger partial charge in [0.25, 0.3) is 0 Å². The molecule has 1 unspecified atom stereocenters. The number of benzene rings is 1. The number of aromatic nitrogens is 1. The van der Waals surface area contributed by atoms with Crippen LogP contribution in [0.2, 0.25) is 0 Å². The number of carbonyl (C=O) groups excluding carboxylic acids is 1. The van der Waals surface area contributed by atoms with Gasteiger partial charge in [0, 0.05) is 50.1 Å². The van der Waals surface area contributed by atoms with E-state index < -0.39 is 27.4 Å². The zero-order valence-electron chi connectivity index (χ0n) is 26.5. The van der Waals surface area contributed by atoms with Crippen molar-refractivity contribution in [3.05, 3.63) is 24.4 Å². The van der Waals surface area contributed by atoms with Gasteiger partial charge in [-0.15, -0.1) is 0 Å². The molecule has 0 spiro atoms. The molecular weight excluding hydrogens is 560 g/mol. The molecule has 42 heavy (non-hydrogen) atoms. The van der Waals surface area contributed by atoms with Crippen molar-refractivity contribution in [3.63, 3.8) is 0 Å². The Labute approximate surface area is 251 Å². The first-order chi connectivity index (χ1) is 19.6. The molecule has 2 heterocycles. The summed E-state index contributed by atoms with van der Waals surface area (Å²) in [6.45, 7) is 14.9. The van der Waals surface area contributed by atoms with Crippen LogP contribution < -0.4 is 19.1 Å². The number of hydrogen-bond donors (Lipinski definition) is 1. The first-order valence-electron chi connectivity index (χ1n) is 14.4. The van der Waals surface area contributed by atoms with E-state index in [0.29, 0.717) is 30.6 Å². The molecule has 1 aliphatic heterocycles. The molecule has 3 rings (SSSR count). The second-order valence-corrected chi connectivity index (χ2v) is 14.4. The van der Waals surface area contributed by atoms with Gasteiger partial charge in [-0.25, -0.2) is 4.79 Å². The molecule has 1 aromatic carbocycles. The van der Waals surface area contributed by atoms with Crippen molar-refractivity contribution in [1.82, 2.24) is 14.0 Å². The Hall–Kier alpha value is -2.83. The van der Waals surface area contributed by atoms with Crippen LogP contribution in [0.25, 0.3) is 10.9 Å². The molecule has 1 N–H and O–H groups in total. The van der Waals surface area contributed by atoms with Crippen LogP contribution in [0.1, 0.15) is 61.3 Å². The third kappa shape index (κ3) is 8.61. The number of rotatable bonds is 11. The summed E-state index contributed by atoms with van der Waals surface area (Å²) >= 11 is 0. The molecule has 0 aliphatic carbocycles. The summed E-state index contributed by atoms with van der Waals surface area (Å²) in [4.78, 5) is 19.7. The lowest BCUT2D eigenvalue weighted by molar-refractivity contribution is 0.0279. The van der Waals surface area contributed by atoms with Crippen LogP contribution in [0.15, 0.2) is 24.4 Å². The Kier molecular flexibility index (Phi) is 10.9. The summed E-state index contributed by atoms with van der Waals surface area (Å²) in [6, 6.07) is 5.88. The maximum atomic E-state index is 13.3. The molecule has 0 saturated carbocycles. The number of fused-ring (bicyclic) bond motifs is 1. The average Bonchev–Trinajstić information content (AvgIpc) is 2.89. The number of pyridine rings is 1. The van der Waals surface area contributed by atoms with E-state index in [0.717, 1.165) is 46.8 Å². The van der Waals surface area contributed by atoms with E-state index in [4.69, 9.17) is 18.9 Å². The van der Waals surface area contributed by atoms with Gasteiger partial charge in [-0.2, -0.15) is 17.4 Å². The zero-order chi connectivity index (χ0) is 31.3. The summed E-state index contributed by atoms with van der Waals surface area (Å²) < 4.78 is 52.0. The second kappa shape index (κ2) is 13.6. The van der Waals surface area contributed by atoms with Crippen molar-refractivity contribution >= 4 is 32.9 Å². The molecule has 2 aromatic rings. The van der Waals surface area contributed by atoms with Crippen LogP contribution in [-0.4, -0.2) is 82.0 Å². The number of anilines is 1. The van der Waals surface area contributed by atoms with E-state index in [9.17, 15) is 13.2 Å². The predicted molar refractivity (Wildman–Crippen MR) is 165 cm³/mol. The van der Waals surface area contributed by atoms with Gasteiger partial charge in [0.05, 0.1) is 24.8 Å². The number of piperidine rings is 1. The number of ether oxygens (including phenoxy) is 4. The third-order valence-corrected chi connectivity index (χ3v) is 8.94. The number of carbonyl (C=O) groups is 1. The summed E-state index contributed by atoms with van der Waals surface area (Å²) in [5.74, 6) is 1.65. The molecule has 1 aliphatic rings. The fourth-order valence-electron chi connectivity index (χ4n) is 5.14. The van der Waals surface area contributed by atoms with Crippen molar-refractivity contribution in [3.8, 4) is 11.5 Å². The molecule has 1 saturated heterocycles. The zero-order valence-corrected chi connectivity index (χ0v) is 27.3. The van der Waals surface area contributed by atoms with Crippen LogP contribution in [0, 0.1) is 11.8 Å². The topological polar surface area (TPSA) is 120 Å². The first kappa shape index (κ1) is 33.7. The quantitative estimate of drug-likeness (QED) is 0.352. The van der Waals surface area contributed by atoms with Crippen molar-refractivity contribution in [2.24, 2.45) is 11.8 Å². The Balaban J connectivity index is 1.68. The number of methoxy groups -OCH3 is 2. The highest BCUT2D eigenvalue weighted by atomic mass is 32.2. The highest BCUT2D eigenvalue weighted by molar-refractivity contribution is 7.87. The molecule has 11 nitrogen and oxygen atoms in total. The van der Waals surface area contributed by atoms with Crippen LogP contribution >= 0.6 is 0 Å². The standard InChI is InChI=1S/C30H48N4O7S/c1-21(20-32-42(36,37)34(29(2,3)4)28(35)41-30(5,6)7)22-11-14-33(15-12-22)25-10-13-31-24-19-26(39-9)27(18-23(24)25)40-17-16-38-8/h10,13,18-19,21-22,32H,11-12,14-17,20H2,1-9H3. The average molecular weight is 609 g/mol. The van der Waals surface area contributed by atoms with Crippen LogP contribution in [-0.2, 0) is 19.7 Å². The van der Waals surface area contributed by atoms with Crippen molar-refractivity contribution in [2.45, 2.75) is 72.4 Å². The van der Waals surface area contributed by atoms with E-state index in [-0.39, 0.29) is 12.5 Å². The molecular formula is C30H48N4O7S. The highest BCUT2D eigenvalue weighted by Crippen LogP contribution is 2.37. The molecule has 1 aromatic heterocycles.